The highest BCUT2D eigenvalue weighted by Gasteiger charge is 2.41. The van der Waals surface area contributed by atoms with Crippen molar-refractivity contribution in [3.05, 3.63) is 18.0 Å². The first-order valence-corrected chi connectivity index (χ1v) is 8.12. The van der Waals surface area contributed by atoms with Crippen molar-refractivity contribution in [3.63, 3.8) is 0 Å². The molecule has 0 spiro atoms. The second-order valence-electron chi connectivity index (χ2n) is 5.60. The monoisotopic (exact) mass is 271 g/mol. The second kappa shape index (κ2) is 4.66. The van der Waals surface area contributed by atoms with Gasteiger partial charge in [0.2, 0.25) is 0 Å². The van der Waals surface area contributed by atoms with Crippen LogP contribution in [-0.2, 0) is 16.3 Å². The first kappa shape index (κ1) is 13.5. The molecule has 1 aliphatic rings. The molecule has 2 N–H and O–H groups in total. The molecule has 1 saturated heterocycles. The maximum Gasteiger partial charge on any atom is 0.150 e. The van der Waals surface area contributed by atoms with E-state index in [0.717, 1.165) is 5.69 Å². The average molecular weight is 271 g/mol. The van der Waals surface area contributed by atoms with Crippen molar-refractivity contribution >= 4 is 9.84 Å². The summed E-state index contributed by atoms with van der Waals surface area (Å²) >= 11 is 0. The number of nitrogens with zero attached hydrogens (tertiary/aromatic N) is 2. The number of sulfone groups is 1. The first-order chi connectivity index (χ1) is 8.36. The summed E-state index contributed by atoms with van der Waals surface area (Å²) in [4.78, 5) is 0. The maximum absolute atomic E-state index is 11.6. The van der Waals surface area contributed by atoms with Gasteiger partial charge in [0, 0.05) is 17.7 Å². The van der Waals surface area contributed by atoms with E-state index in [1.54, 1.807) is 0 Å². The Bertz CT molecular complexity index is 521. The van der Waals surface area contributed by atoms with Crippen LogP contribution in [0.25, 0.3) is 0 Å². The van der Waals surface area contributed by atoms with Crippen LogP contribution in [0.5, 0.6) is 0 Å². The zero-order valence-corrected chi connectivity index (χ0v) is 11.8. The lowest BCUT2D eigenvalue weighted by atomic mass is 9.83. The van der Waals surface area contributed by atoms with Crippen molar-refractivity contribution in [2.45, 2.75) is 32.7 Å². The molecule has 1 aliphatic heterocycles. The number of hydrogen-bond acceptors (Lipinski definition) is 4. The lowest BCUT2D eigenvalue weighted by molar-refractivity contribution is 0.338. The largest absolute Gasteiger partial charge is 0.330 e. The highest BCUT2D eigenvalue weighted by atomic mass is 32.2. The Labute approximate surface area is 108 Å². The van der Waals surface area contributed by atoms with E-state index in [2.05, 4.69) is 18.9 Å². The Kier molecular flexibility index (Phi) is 3.51. The number of hydrogen-bond donors (Lipinski definition) is 1. The van der Waals surface area contributed by atoms with Gasteiger partial charge in [-0.15, -0.1) is 0 Å². The summed E-state index contributed by atoms with van der Waals surface area (Å²) in [6, 6.07) is 2.28. The highest BCUT2D eigenvalue weighted by Crippen LogP contribution is 2.34. The lowest BCUT2D eigenvalue weighted by Crippen LogP contribution is -2.34. The van der Waals surface area contributed by atoms with Gasteiger partial charge in [0.1, 0.15) is 0 Å². The predicted octanol–water partition coefficient (Wildman–Crippen LogP) is 0.770. The van der Waals surface area contributed by atoms with Crippen LogP contribution in [-0.4, -0.2) is 36.2 Å². The van der Waals surface area contributed by atoms with Crippen LogP contribution in [0.2, 0.25) is 0 Å². The second-order valence-corrected chi connectivity index (χ2v) is 7.79. The minimum atomic E-state index is -2.91. The van der Waals surface area contributed by atoms with E-state index in [4.69, 9.17) is 5.73 Å². The standard InChI is InChI=1S/C12H21N3O2S/c1-10(2)15-5-3-11(14-15)7-12(8-13)4-6-18(16,17)9-12/h3,5,10H,4,6-9,13H2,1-2H3. The lowest BCUT2D eigenvalue weighted by Gasteiger charge is -2.24. The Morgan fingerprint density at radius 1 is 1.56 bits per heavy atom. The normalized spacial score (nSPS) is 26.9. The Morgan fingerprint density at radius 3 is 2.72 bits per heavy atom. The third-order valence-corrected chi connectivity index (χ3v) is 5.53. The molecule has 18 heavy (non-hydrogen) atoms. The van der Waals surface area contributed by atoms with E-state index in [1.807, 2.05) is 16.9 Å². The van der Waals surface area contributed by atoms with E-state index in [9.17, 15) is 8.42 Å². The molecule has 0 aliphatic carbocycles. The van der Waals surface area contributed by atoms with Crippen LogP contribution in [0, 0.1) is 5.41 Å². The molecule has 6 heteroatoms. The molecule has 1 atom stereocenters. The molecule has 1 unspecified atom stereocenters. The van der Waals surface area contributed by atoms with Crippen LogP contribution >= 0.6 is 0 Å². The number of aromatic nitrogens is 2. The molecule has 5 nitrogen and oxygen atoms in total. The molecular formula is C12H21N3O2S. The van der Waals surface area contributed by atoms with Gasteiger partial charge in [-0.2, -0.15) is 5.10 Å². The number of rotatable bonds is 4. The molecule has 1 fully saturated rings. The van der Waals surface area contributed by atoms with Crippen molar-refractivity contribution in [1.82, 2.24) is 9.78 Å². The van der Waals surface area contributed by atoms with E-state index in [0.29, 0.717) is 25.4 Å². The van der Waals surface area contributed by atoms with Crippen molar-refractivity contribution in [2.24, 2.45) is 11.1 Å². The average Bonchev–Trinajstić information content (AvgIpc) is 2.85. The highest BCUT2D eigenvalue weighted by molar-refractivity contribution is 7.91. The van der Waals surface area contributed by atoms with E-state index >= 15 is 0 Å². The SMILES string of the molecule is CC(C)n1ccc(CC2(CN)CCS(=O)(=O)C2)n1. The van der Waals surface area contributed by atoms with Gasteiger partial charge < -0.3 is 5.73 Å². The quantitative estimate of drug-likeness (QED) is 0.877. The summed E-state index contributed by atoms with van der Waals surface area (Å²) in [5.41, 5.74) is 6.43. The van der Waals surface area contributed by atoms with Crippen molar-refractivity contribution < 1.29 is 8.42 Å². The summed E-state index contributed by atoms with van der Waals surface area (Å²) in [7, 11) is -2.91. The van der Waals surface area contributed by atoms with Crippen molar-refractivity contribution in [2.75, 3.05) is 18.1 Å². The van der Waals surface area contributed by atoms with Gasteiger partial charge in [-0.25, -0.2) is 8.42 Å². The van der Waals surface area contributed by atoms with Crippen LogP contribution in [0.15, 0.2) is 12.3 Å². The van der Waals surface area contributed by atoms with Gasteiger partial charge in [-0.1, -0.05) is 0 Å². The van der Waals surface area contributed by atoms with E-state index in [-0.39, 0.29) is 16.9 Å². The summed E-state index contributed by atoms with van der Waals surface area (Å²) in [6.45, 7) is 4.53. The fraction of sp³-hybridized carbons (Fsp3) is 0.750. The summed E-state index contributed by atoms with van der Waals surface area (Å²) in [5.74, 6) is 0.458. The molecule has 0 saturated carbocycles. The van der Waals surface area contributed by atoms with Gasteiger partial charge in [0.15, 0.2) is 9.84 Å². The smallest absolute Gasteiger partial charge is 0.150 e. The molecule has 2 heterocycles. The first-order valence-electron chi connectivity index (χ1n) is 6.30. The van der Waals surface area contributed by atoms with Gasteiger partial charge in [0.25, 0.3) is 0 Å². The minimum Gasteiger partial charge on any atom is -0.330 e. The minimum absolute atomic E-state index is 0.199. The Balaban J connectivity index is 2.16. The number of nitrogens with two attached hydrogens (primary N) is 1. The fourth-order valence-corrected chi connectivity index (χ4v) is 4.68. The van der Waals surface area contributed by atoms with Gasteiger partial charge in [0.05, 0.1) is 17.2 Å². The summed E-state index contributed by atoms with van der Waals surface area (Å²) < 4.78 is 25.1. The summed E-state index contributed by atoms with van der Waals surface area (Å²) in [6.07, 6.45) is 3.25. The fourth-order valence-electron chi connectivity index (χ4n) is 2.50. The topological polar surface area (TPSA) is 78.0 Å². The molecule has 1 aromatic rings. The molecule has 1 aromatic heterocycles. The van der Waals surface area contributed by atoms with Crippen LogP contribution < -0.4 is 5.73 Å². The van der Waals surface area contributed by atoms with Crippen molar-refractivity contribution in [3.8, 4) is 0 Å². The maximum atomic E-state index is 11.6. The van der Waals surface area contributed by atoms with Gasteiger partial charge >= 0.3 is 0 Å². The zero-order chi connectivity index (χ0) is 13.4. The molecule has 0 amide bonds. The Hall–Kier alpha value is -0.880. The van der Waals surface area contributed by atoms with E-state index < -0.39 is 9.84 Å². The molecular weight excluding hydrogens is 250 g/mol. The third-order valence-electron chi connectivity index (χ3n) is 3.65. The molecule has 0 bridgehead atoms. The molecule has 0 aromatic carbocycles. The molecule has 2 rings (SSSR count). The zero-order valence-electron chi connectivity index (χ0n) is 11.0. The van der Waals surface area contributed by atoms with Crippen LogP contribution in [0.1, 0.15) is 32.0 Å². The van der Waals surface area contributed by atoms with Crippen LogP contribution in [0.3, 0.4) is 0 Å². The van der Waals surface area contributed by atoms with Gasteiger partial charge in [-0.05, 0) is 39.3 Å². The third kappa shape index (κ3) is 2.75. The van der Waals surface area contributed by atoms with Gasteiger partial charge in [-0.3, -0.25) is 4.68 Å². The summed E-state index contributed by atoms with van der Waals surface area (Å²) in [5, 5.41) is 4.48. The molecule has 0 radical (unpaired) electrons. The van der Waals surface area contributed by atoms with E-state index in [1.165, 1.54) is 0 Å². The molecule has 102 valence electrons. The Morgan fingerprint density at radius 2 is 2.28 bits per heavy atom. The predicted molar refractivity (Wildman–Crippen MR) is 71.1 cm³/mol. The van der Waals surface area contributed by atoms with Crippen LogP contribution in [0.4, 0.5) is 0 Å². The van der Waals surface area contributed by atoms with Crippen molar-refractivity contribution in [1.29, 1.82) is 0 Å².